The molecule has 1 heterocycles. The summed E-state index contributed by atoms with van der Waals surface area (Å²) in [4.78, 5) is 18.4. The highest BCUT2D eigenvalue weighted by Gasteiger charge is 2.25. The predicted molar refractivity (Wildman–Crippen MR) is 121 cm³/mol. The van der Waals surface area contributed by atoms with Crippen molar-refractivity contribution in [1.82, 2.24) is 10.3 Å². The van der Waals surface area contributed by atoms with E-state index >= 15 is 0 Å². The minimum absolute atomic E-state index is 0.0353. The summed E-state index contributed by atoms with van der Waals surface area (Å²) in [7, 11) is 0. The van der Waals surface area contributed by atoms with Crippen molar-refractivity contribution in [3.8, 4) is 11.3 Å². The number of hydrogen-bond donors (Lipinski definition) is 2. The van der Waals surface area contributed by atoms with Crippen LogP contribution in [0.15, 0.2) is 48.5 Å². The van der Waals surface area contributed by atoms with Gasteiger partial charge in [-0.3, -0.25) is 4.79 Å². The van der Waals surface area contributed by atoms with E-state index in [4.69, 9.17) is 4.98 Å². The minimum Gasteiger partial charge on any atom is -0.392 e. The Labute approximate surface area is 178 Å². The zero-order chi connectivity index (χ0) is 21.1. The number of aliphatic hydroxyl groups excluding tert-OH is 1. The zero-order valence-corrected chi connectivity index (χ0v) is 17.8. The maximum atomic E-state index is 13.5. The van der Waals surface area contributed by atoms with Gasteiger partial charge in [0.25, 0.3) is 5.91 Å². The van der Waals surface area contributed by atoms with Crippen molar-refractivity contribution in [3.05, 3.63) is 65.2 Å². The molecule has 3 aromatic rings. The maximum absolute atomic E-state index is 13.5. The van der Waals surface area contributed by atoms with Gasteiger partial charge in [0, 0.05) is 17.0 Å². The van der Waals surface area contributed by atoms with Crippen LogP contribution in [0.5, 0.6) is 0 Å². The molecule has 4 nitrogen and oxygen atoms in total. The van der Waals surface area contributed by atoms with Crippen molar-refractivity contribution < 1.29 is 9.90 Å². The number of aliphatic hydroxyl groups is 1. The molecule has 0 aliphatic heterocycles. The fourth-order valence-electron chi connectivity index (χ4n) is 4.70. The average Bonchev–Trinajstić information content (AvgIpc) is 2.79. The van der Waals surface area contributed by atoms with Gasteiger partial charge in [0.05, 0.1) is 23.4 Å². The number of fused-ring (bicyclic) bond motifs is 1. The Morgan fingerprint density at radius 3 is 2.57 bits per heavy atom. The van der Waals surface area contributed by atoms with E-state index in [2.05, 4.69) is 12.2 Å². The van der Waals surface area contributed by atoms with Crippen LogP contribution in [0.4, 0.5) is 0 Å². The van der Waals surface area contributed by atoms with Crippen LogP contribution >= 0.6 is 0 Å². The Bertz CT molecular complexity index is 1040. The van der Waals surface area contributed by atoms with E-state index in [0.717, 1.165) is 33.3 Å². The molecule has 0 bridgehead atoms. The first-order valence-electron chi connectivity index (χ1n) is 11.0. The number of nitrogens with zero attached hydrogens (tertiary/aromatic N) is 1. The topological polar surface area (TPSA) is 62.2 Å². The second kappa shape index (κ2) is 8.97. The molecule has 1 aliphatic carbocycles. The molecule has 0 spiro atoms. The Morgan fingerprint density at radius 2 is 1.87 bits per heavy atom. The minimum atomic E-state index is -0.0492. The summed E-state index contributed by atoms with van der Waals surface area (Å²) in [6, 6.07) is 15.8. The molecule has 0 unspecified atom stereocenters. The number of aromatic nitrogens is 1. The lowest BCUT2D eigenvalue weighted by molar-refractivity contribution is 0.0920. The van der Waals surface area contributed by atoms with E-state index in [0.29, 0.717) is 11.5 Å². The predicted octanol–water partition coefficient (Wildman–Crippen LogP) is 5.40. The van der Waals surface area contributed by atoms with E-state index in [1.807, 2.05) is 55.5 Å². The van der Waals surface area contributed by atoms with E-state index < -0.39 is 0 Å². The van der Waals surface area contributed by atoms with Gasteiger partial charge in [-0.1, -0.05) is 61.7 Å². The molecule has 0 saturated heterocycles. The number of pyridine rings is 1. The fraction of sp³-hybridized carbons (Fsp3) is 0.385. The molecular formula is C26H30N2O2. The first-order chi connectivity index (χ1) is 14.6. The van der Waals surface area contributed by atoms with Gasteiger partial charge >= 0.3 is 0 Å². The van der Waals surface area contributed by atoms with Crippen LogP contribution in [0.1, 0.15) is 60.5 Å². The van der Waals surface area contributed by atoms with Crippen molar-refractivity contribution in [2.75, 3.05) is 0 Å². The highest BCUT2D eigenvalue weighted by atomic mass is 16.3. The molecule has 1 aliphatic rings. The summed E-state index contributed by atoms with van der Waals surface area (Å²) >= 11 is 0. The van der Waals surface area contributed by atoms with Crippen molar-refractivity contribution in [2.24, 2.45) is 5.92 Å². The number of benzene rings is 2. The van der Waals surface area contributed by atoms with Crippen LogP contribution in [-0.2, 0) is 6.61 Å². The lowest BCUT2D eigenvalue weighted by Crippen LogP contribution is -2.39. The van der Waals surface area contributed by atoms with Crippen LogP contribution < -0.4 is 5.32 Å². The van der Waals surface area contributed by atoms with Crippen LogP contribution in [0.2, 0.25) is 0 Å². The molecule has 2 aromatic carbocycles. The van der Waals surface area contributed by atoms with Crippen molar-refractivity contribution in [3.63, 3.8) is 0 Å². The molecule has 1 saturated carbocycles. The first-order valence-corrected chi connectivity index (χ1v) is 11.0. The number of carbonyl (C=O) groups is 1. The molecule has 1 atom stereocenters. The number of carbonyl (C=O) groups excluding carboxylic acids is 1. The maximum Gasteiger partial charge on any atom is 0.252 e. The normalized spacial score (nSPS) is 15.8. The van der Waals surface area contributed by atoms with E-state index in [-0.39, 0.29) is 18.6 Å². The molecule has 30 heavy (non-hydrogen) atoms. The van der Waals surface area contributed by atoms with Gasteiger partial charge in [0.1, 0.15) is 0 Å². The van der Waals surface area contributed by atoms with Gasteiger partial charge in [-0.25, -0.2) is 4.98 Å². The van der Waals surface area contributed by atoms with Crippen LogP contribution in [0.3, 0.4) is 0 Å². The Balaban J connectivity index is 1.78. The summed E-state index contributed by atoms with van der Waals surface area (Å²) in [6.07, 6.45) is 6.19. The highest BCUT2D eigenvalue weighted by Crippen LogP contribution is 2.31. The molecule has 0 radical (unpaired) electrons. The molecule has 2 N–H and O–H groups in total. The van der Waals surface area contributed by atoms with Crippen molar-refractivity contribution >= 4 is 16.8 Å². The number of nitrogens with one attached hydrogen (secondary N) is 1. The third kappa shape index (κ3) is 4.10. The lowest BCUT2D eigenvalue weighted by Gasteiger charge is -2.28. The van der Waals surface area contributed by atoms with Gasteiger partial charge in [-0.05, 0) is 49.8 Å². The number of rotatable bonds is 5. The standard InChI is InChI=1S/C26H30N2O2/c1-17-24(26(30)27-18(2)20-9-5-3-6-10-20)22-14-13-19(16-29)15-23(22)28-25(17)21-11-7-4-8-12-21/h4,7-8,11-15,18,20,29H,3,5-6,9-10,16H2,1-2H3,(H,27,30)/t18-/m0/s1. The quantitative estimate of drug-likeness (QED) is 0.600. The summed E-state index contributed by atoms with van der Waals surface area (Å²) in [5.41, 5.74) is 4.90. The summed E-state index contributed by atoms with van der Waals surface area (Å²) in [5, 5.41) is 13.7. The number of amides is 1. The monoisotopic (exact) mass is 402 g/mol. The van der Waals surface area contributed by atoms with Crippen LogP contribution in [-0.4, -0.2) is 22.0 Å². The summed E-state index contributed by atoms with van der Waals surface area (Å²) < 4.78 is 0. The van der Waals surface area contributed by atoms with Gasteiger partial charge in [0.15, 0.2) is 0 Å². The third-order valence-corrected chi connectivity index (χ3v) is 6.47. The lowest BCUT2D eigenvalue weighted by atomic mass is 9.84. The van der Waals surface area contributed by atoms with E-state index in [1.54, 1.807) is 0 Å². The van der Waals surface area contributed by atoms with Gasteiger partial charge in [-0.2, -0.15) is 0 Å². The summed E-state index contributed by atoms with van der Waals surface area (Å²) in [5.74, 6) is 0.512. The van der Waals surface area contributed by atoms with Crippen LogP contribution in [0.25, 0.3) is 22.2 Å². The second-order valence-corrected chi connectivity index (χ2v) is 8.50. The van der Waals surface area contributed by atoms with E-state index in [1.165, 1.54) is 32.1 Å². The number of hydrogen-bond acceptors (Lipinski definition) is 3. The molecule has 156 valence electrons. The zero-order valence-electron chi connectivity index (χ0n) is 17.8. The molecule has 1 amide bonds. The SMILES string of the molecule is Cc1c(-c2ccccc2)nc2cc(CO)ccc2c1C(=O)N[C@@H](C)C1CCCCC1. The largest absolute Gasteiger partial charge is 0.392 e. The third-order valence-electron chi connectivity index (χ3n) is 6.47. The highest BCUT2D eigenvalue weighted by molar-refractivity contribution is 6.09. The van der Waals surface area contributed by atoms with Crippen molar-refractivity contribution in [1.29, 1.82) is 0 Å². The molecule has 4 heteroatoms. The summed E-state index contributed by atoms with van der Waals surface area (Å²) in [6.45, 7) is 4.07. The first kappa shape index (κ1) is 20.5. The Kier molecular flexibility index (Phi) is 6.14. The molecule has 4 rings (SSSR count). The molecule has 1 aromatic heterocycles. The van der Waals surface area contributed by atoms with E-state index in [9.17, 15) is 9.90 Å². The van der Waals surface area contributed by atoms with Gasteiger partial charge in [-0.15, -0.1) is 0 Å². The fourth-order valence-corrected chi connectivity index (χ4v) is 4.70. The smallest absolute Gasteiger partial charge is 0.252 e. The Hall–Kier alpha value is -2.72. The van der Waals surface area contributed by atoms with Gasteiger partial charge in [0.2, 0.25) is 0 Å². The van der Waals surface area contributed by atoms with Gasteiger partial charge < -0.3 is 10.4 Å². The second-order valence-electron chi connectivity index (χ2n) is 8.50. The molecule has 1 fully saturated rings. The molecular weight excluding hydrogens is 372 g/mol. The average molecular weight is 403 g/mol. The Morgan fingerprint density at radius 1 is 1.13 bits per heavy atom. The van der Waals surface area contributed by atoms with Crippen molar-refractivity contribution in [2.45, 2.75) is 58.6 Å². The van der Waals surface area contributed by atoms with Crippen LogP contribution in [0, 0.1) is 12.8 Å².